The minimum atomic E-state index is -0.520. The molecule has 0 saturated heterocycles. The van der Waals surface area contributed by atoms with Crippen molar-refractivity contribution in [1.82, 2.24) is 4.90 Å². The summed E-state index contributed by atoms with van der Waals surface area (Å²) < 4.78 is 1.20. The standard InChI is InChI=1S/C9H13Cl2NOS/c1-12(2)4-3-7(13)6-5-8(10)14-9(6)11/h5,7,13H,3-4H2,1-2H3/t7-/m0/s1. The fourth-order valence-electron chi connectivity index (χ4n) is 1.12. The molecule has 1 aromatic heterocycles. The molecule has 0 fully saturated rings. The van der Waals surface area contributed by atoms with E-state index < -0.39 is 6.10 Å². The lowest BCUT2D eigenvalue weighted by molar-refractivity contribution is 0.155. The fraction of sp³-hybridized carbons (Fsp3) is 0.556. The molecular weight excluding hydrogens is 241 g/mol. The maximum Gasteiger partial charge on any atom is 0.100 e. The van der Waals surface area contributed by atoms with Crippen LogP contribution >= 0.6 is 34.5 Å². The van der Waals surface area contributed by atoms with Gasteiger partial charge in [0.15, 0.2) is 0 Å². The zero-order chi connectivity index (χ0) is 10.7. The number of nitrogens with zero attached hydrogens (tertiary/aromatic N) is 1. The van der Waals surface area contributed by atoms with Gasteiger partial charge in [-0.25, -0.2) is 0 Å². The second kappa shape index (κ2) is 5.33. The lowest BCUT2D eigenvalue weighted by Gasteiger charge is -2.13. The van der Waals surface area contributed by atoms with Crippen molar-refractivity contribution in [3.05, 3.63) is 20.3 Å². The molecule has 0 saturated carbocycles. The molecule has 0 aliphatic rings. The zero-order valence-electron chi connectivity index (χ0n) is 8.13. The van der Waals surface area contributed by atoms with Gasteiger partial charge in [-0.3, -0.25) is 0 Å². The van der Waals surface area contributed by atoms with Crippen LogP contribution in [-0.4, -0.2) is 30.6 Å². The first-order valence-corrected chi connectivity index (χ1v) is 5.85. The molecule has 1 heterocycles. The van der Waals surface area contributed by atoms with Gasteiger partial charge < -0.3 is 10.0 Å². The minimum Gasteiger partial charge on any atom is -0.388 e. The van der Waals surface area contributed by atoms with Crippen LogP contribution in [0.2, 0.25) is 8.67 Å². The van der Waals surface area contributed by atoms with E-state index in [0.29, 0.717) is 15.1 Å². The molecule has 0 bridgehead atoms. The second-order valence-corrected chi connectivity index (χ2v) is 5.67. The molecule has 0 aromatic carbocycles. The molecule has 2 nitrogen and oxygen atoms in total. The van der Waals surface area contributed by atoms with E-state index in [1.807, 2.05) is 19.0 Å². The summed E-state index contributed by atoms with van der Waals surface area (Å²) in [4.78, 5) is 2.02. The third-order valence-corrected chi connectivity index (χ3v) is 3.41. The van der Waals surface area contributed by atoms with Crippen LogP contribution in [0.4, 0.5) is 0 Å². The zero-order valence-corrected chi connectivity index (χ0v) is 10.5. The quantitative estimate of drug-likeness (QED) is 0.892. The molecule has 1 atom stereocenters. The van der Waals surface area contributed by atoms with Crippen molar-refractivity contribution in [3.8, 4) is 0 Å². The van der Waals surface area contributed by atoms with Gasteiger partial charge in [-0.05, 0) is 26.6 Å². The van der Waals surface area contributed by atoms with E-state index >= 15 is 0 Å². The maximum atomic E-state index is 9.80. The summed E-state index contributed by atoms with van der Waals surface area (Å²) in [6.07, 6.45) is 0.147. The third-order valence-electron chi connectivity index (χ3n) is 1.89. The molecule has 1 rings (SSSR count). The Morgan fingerprint density at radius 3 is 2.57 bits per heavy atom. The molecule has 0 spiro atoms. The first-order valence-electron chi connectivity index (χ1n) is 4.28. The van der Waals surface area contributed by atoms with Gasteiger partial charge in [0.1, 0.15) is 4.34 Å². The molecule has 1 N–H and O–H groups in total. The summed E-state index contributed by atoms with van der Waals surface area (Å²) in [7, 11) is 3.93. The van der Waals surface area contributed by atoms with E-state index in [-0.39, 0.29) is 0 Å². The highest BCUT2D eigenvalue weighted by molar-refractivity contribution is 7.20. The lowest BCUT2D eigenvalue weighted by atomic mass is 10.1. The van der Waals surface area contributed by atoms with E-state index in [0.717, 1.165) is 12.1 Å². The Bertz CT molecular complexity index is 301. The van der Waals surface area contributed by atoms with Gasteiger partial charge in [-0.15, -0.1) is 11.3 Å². The third kappa shape index (κ3) is 3.41. The molecule has 5 heteroatoms. The maximum absolute atomic E-state index is 9.80. The normalized spacial score (nSPS) is 13.6. The minimum absolute atomic E-state index is 0.520. The number of thiophene rings is 1. The van der Waals surface area contributed by atoms with Crippen LogP contribution in [0, 0.1) is 0 Å². The topological polar surface area (TPSA) is 23.5 Å². The molecule has 80 valence electrons. The predicted octanol–water partition coefficient (Wildman–Crippen LogP) is 3.04. The lowest BCUT2D eigenvalue weighted by Crippen LogP contribution is -2.15. The number of aliphatic hydroxyl groups is 1. The molecule has 0 aliphatic carbocycles. The highest BCUT2D eigenvalue weighted by Gasteiger charge is 2.14. The Morgan fingerprint density at radius 2 is 2.14 bits per heavy atom. The molecular formula is C9H13Cl2NOS. The molecule has 0 aliphatic heterocycles. The van der Waals surface area contributed by atoms with Gasteiger partial charge >= 0.3 is 0 Å². The van der Waals surface area contributed by atoms with Crippen molar-refractivity contribution in [1.29, 1.82) is 0 Å². The molecule has 14 heavy (non-hydrogen) atoms. The van der Waals surface area contributed by atoms with Crippen LogP contribution in [0.5, 0.6) is 0 Å². The largest absolute Gasteiger partial charge is 0.388 e. The number of aliphatic hydroxyl groups excluding tert-OH is 1. The molecule has 0 amide bonds. The van der Waals surface area contributed by atoms with Gasteiger partial charge in [0, 0.05) is 12.1 Å². The highest BCUT2D eigenvalue weighted by atomic mass is 35.5. The van der Waals surface area contributed by atoms with E-state index in [9.17, 15) is 5.11 Å². The van der Waals surface area contributed by atoms with Crippen molar-refractivity contribution >= 4 is 34.5 Å². The van der Waals surface area contributed by atoms with Crippen molar-refractivity contribution in [2.75, 3.05) is 20.6 Å². The SMILES string of the molecule is CN(C)CC[C@H](O)c1cc(Cl)sc1Cl. The Balaban J connectivity index is 2.60. The predicted molar refractivity (Wildman–Crippen MR) is 62.5 cm³/mol. The Hall–Kier alpha value is 0.200. The van der Waals surface area contributed by atoms with Crippen LogP contribution in [-0.2, 0) is 0 Å². The summed E-state index contributed by atoms with van der Waals surface area (Å²) in [6.45, 7) is 0.824. The summed E-state index contributed by atoms with van der Waals surface area (Å²) >= 11 is 13.0. The average Bonchev–Trinajstić information content (AvgIpc) is 2.41. The summed E-state index contributed by atoms with van der Waals surface area (Å²) in [5, 5.41) is 9.80. The number of rotatable bonds is 4. The van der Waals surface area contributed by atoms with E-state index in [2.05, 4.69) is 0 Å². The first-order chi connectivity index (χ1) is 6.50. The van der Waals surface area contributed by atoms with Gasteiger partial charge in [0.05, 0.1) is 10.4 Å². The Labute approximate surface area is 98.1 Å². The van der Waals surface area contributed by atoms with E-state index in [1.165, 1.54) is 11.3 Å². The van der Waals surface area contributed by atoms with Gasteiger partial charge in [-0.2, -0.15) is 0 Å². The molecule has 0 radical (unpaired) electrons. The van der Waals surface area contributed by atoms with Crippen LogP contribution < -0.4 is 0 Å². The molecule has 1 aromatic rings. The van der Waals surface area contributed by atoms with Gasteiger partial charge in [0.2, 0.25) is 0 Å². The highest BCUT2D eigenvalue weighted by Crippen LogP contribution is 2.35. The summed E-state index contributed by atoms with van der Waals surface area (Å²) in [5.41, 5.74) is 0.739. The average molecular weight is 254 g/mol. The van der Waals surface area contributed by atoms with Crippen molar-refractivity contribution in [2.45, 2.75) is 12.5 Å². The Kier molecular flexibility index (Phi) is 4.67. The number of halogens is 2. The number of hydrogen-bond donors (Lipinski definition) is 1. The van der Waals surface area contributed by atoms with Gasteiger partial charge in [0.25, 0.3) is 0 Å². The van der Waals surface area contributed by atoms with E-state index in [1.54, 1.807) is 6.07 Å². The van der Waals surface area contributed by atoms with Crippen molar-refractivity contribution < 1.29 is 5.11 Å². The Morgan fingerprint density at radius 1 is 1.50 bits per heavy atom. The van der Waals surface area contributed by atoms with Crippen LogP contribution in [0.15, 0.2) is 6.07 Å². The molecule has 0 unspecified atom stereocenters. The van der Waals surface area contributed by atoms with Crippen LogP contribution in [0.25, 0.3) is 0 Å². The number of hydrogen-bond acceptors (Lipinski definition) is 3. The first kappa shape index (κ1) is 12.3. The van der Waals surface area contributed by atoms with E-state index in [4.69, 9.17) is 23.2 Å². The van der Waals surface area contributed by atoms with Crippen LogP contribution in [0.3, 0.4) is 0 Å². The fourth-order valence-corrected chi connectivity index (χ4v) is 2.68. The summed E-state index contributed by atoms with van der Waals surface area (Å²) in [6, 6.07) is 1.73. The second-order valence-electron chi connectivity index (χ2n) is 3.39. The smallest absolute Gasteiger partial charge is 0.100 e. The van der Waals surface area contributed by atoms with Crippen molar-refractivity contribution in [3.63, 3.8) is 0 Å². The van der Waals surface area contributed by atoms with Gasteiger partial charge in [-0.1, -0.05) is 23.2 Å². The monoisotopic (exact) mass is 253 g/mol. The summed E-state index contributed by atoms with van der Waals surface area (Å²) in [5.74, 6) is 0. The van der Waals surface area contributed by atoms with Crippen LogP contribution in [0.1, 0.15) is 18.1 Å². The van der Waals surface area contributed by atoms with Crippen molar-refractivity contribution in [2.24, 2.45) is 0 Å².